The maximum absolute atomic E-state index is 15.8. The molecule has 3 aliphatic heterocycles. The molecule has 6 aromatic heterocycles. The maximum atomic E-state index is 15.8. The van der Waals surface area contributed by atoms with Crippen LogP contribution in [-0.4, -0.2) is 157 Å². The zero-order chi connectivity index (χ0) is 78.6. The van der Waals surface area contributed by atoms with Crippen LogP contribution >= 0.6 is 45.6 Å². The third kappa shape index (κ3) is 19.2. The molecule has 0 unspecified atom stereocenters. The topological polar surface area (TPSA) is 389 Å². The Morgan fingerprint density at radius 3 is 1.15 bits per heavy atom. The number of aromatic nitrogens is 9. The number of thiazole rings is 3. The number of carbonyl (C=O) groups is 3. The number of rotatable bonds is 16. The van der Waals surface area contributed by atoms with Gasteiger partial charge in [0.15, 0.2) is 42.7 Å². The number of hydrogen-bond acceptors (Lipinski definition) is 26. The standard InChI is InChI=1S/C25H24FN7O4S2.C25H24FN7O2S.C24H20ClF2N7O2S/c1-39(35,36)16-7-5-15(6-8-16)29-24(34)31-18-4-2-3-17(20(18)26)22-21(19-9-10-28-23(27)30-19)32-25(38-22)33-11-13-37-14-12-33;1-15-4-2-5-16(14-15)29-24(34)31-18-7-3-6-17(20(18)26)22-21(19-8-9-28-23(27)30-19)32-25(36-22)33-10-12-35-13-11-33;25-13-4-5-16(15(26)12-13)31-23(35)32-17-3-1-2-14(19(17)27)21-20(18-6-7-29-22(28)30-18)33-24(37-21)34-8-10-36-11-9-34/h2-10H,11-14H2,1H3,(H2,27,28,30)(H2,29,31,34);2-9,14H,10-13H2,1H3,(H2,27,28,30)(H2,29,31,34);1-7,12H,8-11H2,(H2,28,29,30)(H2,31,32,35). The first-order valence-corrected chi connectivity index (χ1v) is 39.0. The van der Waals surface area contributed by atoms with Crippen LogP contribution in [0.2, 0.25) is 5.02 Å². The summed E-state index contributed by atoms with van der Waals surface area (Å²) >= 11 is 9.71. The summed E-state index contributed by atoms with van der Waals surface area (Å²) in [6, 6.07) is 33.9. The summed E-state index contributed by atoms with van der Waals surface area (Å²) in [5.41, 5.74) is 22.7. The summed E-state index contributed by atoms with van der Waals surface area (Å²) in [6.45, 7) is 9.29. The van der Waals surface area contributed by atoms with Crippen molar-refractivity contribution in [1.29, 1.82) is 0 Å². The van der Waals surface area contributed by atoms with E-state index in [0.717, 1.165) is 23.0 Å². The van der Waals surface area contributed by atoms with Crippen molar-refractivity contribution in [2.75, 3.05) is 149 Å². The van der Waals surface area contributed by atoms with Crippen LogP contribution in [0.5, 0.6) is 0 Å². The van der Waals surface area contributed by atoms with Crippen LogP contribution in [0, 0.1) is 30.2 Å². The number of nitrogens with one attached hydrogen (secondary N) is 6. The number of sulfone groups is 1. The average molecular weight is 1620 g/mol. The number of amides is 6. The maximum Gasteiger partial charge on any atom is 0.323 e. The van der Waals surface area contributed by atoms with Gasteiger partial charge in [-0.25, -0.2) is 85.2 Å². The van der Waals surface area contributed by atoms with Gasteiger partial charge in [0.1, 0.15) is 22.9 Å². The Kier molecular flexibility index (Phi) is 24.6. The number of hydrogen-bond donors (Lipinski definition) is 9. The molecule has 6 aromatic carbocycles. The van der Waals surface area contributed by atoms with E-state index in [-0.39, 0.29) is 61.6 Å². The van der Waals surface area contributed by atoms with Gasteiger partial charge in [0.2, 0.25) is 17.8 Å². The number of nitrogens with zero attached hydrogens (tertiary/aromatic N) is 12. The Labute approximate surface area is 654 Å². The zero-order valence-electron chi connectivity index (χ0n) is 59.4. The van der Waals surface area contributed by atoms with Gasteiger partial charge in [-0.15, -0.1) is 0 Å². The normalized spacial score (nSPS) is 13.5. The molecular weight excluding hydrogens is 1550 g/mol. The van der Waals surface area contributed by atoms with Gasteiger partial charge in [-0.1, -0.05) is 94.1 Å². The highest BCUT2D eigenvalue weighted by molar-refractivity contribution is 7.90. The predicted octanol–water partition coefficient (Wildman–Crippen LogP) is 13.9. The number of aryl methyl sites for hydroxylation is 1. The molecule has 112 heavy (non-hydrogen) atoms. The van der Waals surface area contributed by atoms with Gasteiger partial charge in [-0.3, -0.25) is 0 Å². The fraction of sp³-hybridized carbons (Fsp3) is 0.189. The van der Waals surface area contributed by atoms with E-state index in [1.807, 2.05) is 25.1 Å². The van der Waals surface area contributed by atoms with Crippen molar-refractivity contribution in [1.82, 2.24) is 44.9 Å². The Hall–Kier alpha value is -12.1. The third-order valence-electron chi connectivity index (χ3n) is 16.9. The number of anilines is 12. The summed E-state index contributed by atoms with van der Waals surface area (Å²) in [4.78, 5) is 84.7. The molecule has 38 heteroatoms. The molecule has 0 aliphatic carbocycles. The molecule has 12 N–H and O–H groups in total. The molecule has 6 amide bonds. The van der Waals surface area contributed by atoms with Crippen molar-refractivity contribution < 1.29 is 54.6 Å². The number of urea groups is 3. The van der Waals surface area contributed by atoms with E-state index in [1.54, 1.807) is 66.9 Å². The lowest BCUT2D eigenvalue weighted by molar-refractivity contribution is 0.122. The van der Waals surface area contributed by atoms with Gasteiger partial charge in [-0.05, 0) is 103 Å². The van der Waals surface area contributed by atoms with Gasteiger partial charge < -0.3 is 78.0 Å². The molecule has 0 spiro atoms. The second kappa shape index (κ2) is 35.3. The number of carbonyl (C=O) groups excluding carboxylic acids is 3. The van der Waals surface area contributed by atoms with E-state index in [4.69, 9.17) is 58.0 Å². The Morgan fingerprint density at radius 1 is 0.438 bits per heavy atom. The average Bonchev–Trinajstić information content (AvgIpc) is 1.63. The van der Waals surface area contributed by atoms with Gasteiger partial charge in [0.05, 0.1) is 99.0 Å². The van der Waals surface area contributed by atoms with E-state index in [9.17, 15) is 27.2 Å². The minimum Gasteiger partial charge on any atom is -0.378 e. The summed E-state index contributed by atoms with van der Waals surface area (Å²) < 4.78 is 101. The highest BCUT2D eigenvalue weighted by atomic mass is 35.5. The molecule has 12 aromatic rings. The lowest BCUT2D eigenvalue weighted by atomic mass is 10.1. The van der Waals surface area contributed by atoms with Crippen molar-refractivity contribution in [2.45, 2.75) is 11.8 Å². The monoisotopic (exact) mass is 1620 g/mol. The van der Waals surface area contributed by atoms with Crippen LogP contribution in [0.25, 0.3) is 65.5 Å². The largest absolute Gasteiger partial charge is 0.378 e. The quantitative estimate of drug-likeness (QED) is 0.0406. The minimum absolute atomic E-state index is 0.0483. The van der Waals surface area contributed by atoms with Crippen LogP contribution in [-0.2, 0) is 24.0 Å². The lowest BCUT2D eigenvalue weighted by Gasteiger charge is -2.26. The Morgan fingerprint density at radius 2 is 0.795 bits per heavy atom. The van der Waals surface area contributed by atoms with Crippen LogP contribution in [0.4, 0.5) is 99.3 Å². The molecule has 3 fully saturated rings. The molecule has 576 valence electrons. The third-order valence-corrected chi connectivity index (χ3v) is 21.7. The molecular formula is C74H68ClF4N21O8S4. The highest BCUT2D eigenvalue weighted by Crippen LogP contribution is 2.46. The number of morpholine rings is 3. The molecule has 15 rings (SSSR count). The minimum atomic E-state index is -3.37. The summed E-state index contributed by atoms with van der Waals surface area (Å²) in [5, 5.41) is 17.5. The summed E-state index contributed by atoms with van der Waals surface area (Å²) in [7, 11) is -3.37. The van der Waals surface area contributed by atoms with E-state index >= 15 is 13.2 Å². The highest BCUT2D eigenvalue weighted by Gasteiger charge is 2.29. The molecule has 0 bridgehead atoms. The second-order valence-corrected chi connectivity index (χ2v) is 30.1. The fourth-order valence-corrected chi connectivity index (χ4v) is 15.8. The first-order chi connectivity index (χ1) is 54.0. The van der Waals surface area contributed by atoms with Crippen molar-refractivity contribution >= 4 is 141 Å². The van der Waals surface area contributed by atoms with Crippen LogP contribution < -0.4 is 63.8 Å². The number of ether oxygens (including phenoxy) is 3. The molecule has 0 radical (unpaired) electrons. The Balaban J connectivity index is 0.000000147. The molecule has 3 saturated heterocycles. The van der Waals surface area contributed by atoms with Crippen LogP contribution in [0.3, 0.4) is 0 Å². The molecule has 9 heterocycles. The Bertz CT molecular complexity index is 5560. The van der Waals surface area contributed by atoms with E-state index in [2.05, 4.69) is 76.5 Å². The number of halogens is 5. The lowest BCUT2D eigenvalue weighted by Crippen LogP contribution is -2.36. The molecule has 0 atom stereocenters. The van der Waals surface area contributed by atoms with Crippen molar-refractivity contribution in [3.8, 4) is 65.5 Å². The number of nitrogen functional groups attached to an aromatic ring is 3. The van der Waals surface area contributed by atoms with E-state index in [0.29, 0.717) is 155 Å². The molecule has 3 aliphatic rings. The van der Waals surface area contributed by atoms with Crippen molar-refractivity contribution in [3.05, 3.63) is 192 Å². The smallest absolute Gasteiger partial charge is 0.323 e. The van der Waals surface area contributed by atoms with Gasteiger partial charge in [0.25, 0.3) is 0 Å². The van der Waals surface area contributed by atoms with Crippen molar-refractivity contribution in [3.63, 3.8) is 0 Å². The van der Waals surface area contributed by atoms with Gasteiger partial charge in [0, 0.05) is 97.2 Å². The van der Waals surface area contributed by atoms with Gasteiger partial charge >= 0.3 is 18.1 Å². The first kappa shape index (κ1) is 78.0. The van der Waals surface area contributed by atoms with E-state index in [1.165, 1.54) is 101 Å². The molecule has 0 saturated carbocycles. The number of nitrogens with two attached hydrogens (primary N) is 3. The van der Waals surface area contributed by atoms with E-state index < -0.39 is 51.2 Å². The fourth-order valence-electron chi connectivity index (χ4n) is 11.5. The molecule has 29 nitrogen and oxygen atoms in total. The van der Waals surface area contributed by atoms with Crippen LogP contribution in [0.15, 0.2) is 163 Å². The predicted molar refractivity (Wildman–Crippen MR) is 428 cm³/mol. The number of benzene rings is 6. The van der Waals surface area contributed by atoms with Gasteiger partial charge in [-0.2, -0.15) is 0 Å². The summed E-state index contributed by atoms with van der Waals surface area (Å²) in [6.07, 6.45) is 5.65. The summed E-state index contributed by atoms with van der Waals surface area (Å²) in [5.74, 6) is -2.40. The zero-order valence-corrected chi connectivity index (χ0v) is 63.4. The second-order valence-electron chi connectivity index (χ2n) is 24.7. The van der Waals surface area contributed by atoms with Crippen molar-refractivity contribution in [2.24, 2.45) is 0 Å². The SMILES string of the molecule is CS(=O)(=O)c1ccc(NC(=O)Nc2cccc(-c3sc(N4CCOCC4)nc3-c3ccnc(N)n3)c2F)cc1.Cc1cccc(NC(=O)Nc2cccc(-c3sc(N4CCOCC4)nc3-c3ccnc(N)n3)c2F)c1.Nc1nccc(-c2nc(N3CCOCC3)sc2-c2cccc(NC(=O)Nc3ccc(Cl)cc3F)c2F)n1. The van der Waals surface area contributed by atoms with Crippen LogP contribution in [0.1, 0.15) is 5.56 Å². The first-order valence-electron chi connectivity index (χ1n) is 34.3.